The number of nitrogens with zero attached hydrogens (tertiary/aromatic N) is 5. The van der Waals surface area contributed by atoms with Gasteiger partial charge in [-0.1, -0.05) is 6.42 Å². The molecule has 4 fully saturated rings. The van der Waals surface area contributed by atoms with Crippen LogP contribution in [0.25, 0.3) is 0 Å². The number of hydrogen-bond acceptors (Lipinski definition) is 8. The minimum absolute atomic E-state index is 0.0688. The first kappa shape index (κ1) is 24.4. The number of carbonyl (C=O) groups excluding carboxylic acids is 1. The fourth-order valence-electron chi connectivity index (χ4n) is 5.99. The summed E-state index contributed by atoms with van der Waals surface area (Å²) in [6.45, 7) is 4.64. The average Bonchev–Trinajstić information content (AvgIpc) is 2.91. The molecule has 9 heteroatoms. The number of morpholine rings is 1. The van der Waals surface area contributed by atoms with Crippen LogP contribution in [0.15, 0.2) is 36.7 Å². The van der Waals surface area contributed by atoms with Crippen molar-refractivity contribution in [3.63, 3.8) is 0 Å². The fourth-order valence-corrected chi connectivity index (χ4v) is 5.99. The van der Waals surface area contributed by atoms with E-state index < -0.39 is 0 Å². The second kappa shape index (κ2) is 10.5. The molecule has 0 atom stereocenters. The minimum atomic E-state index is -0.358. The molecule has 1 aromatic heterocycles. The van der Waals surface area contributed by atoms with E-state index in [9.17, 15) is 4.79 Å². The molecular weight excluding hydrogens is 470 g/mol. The molecule has 37 heavy (non-hydrogen) atoms. The summed E-state index contributed by atoms with van der Waals surface area (Å²) in [5.41, 5.74) is 0.843. The number of rotatable bonds is 6. The van der Waals surface area contributed by atoms with Crippen LogP contribution >= 0.6 is 0 Å². The summed E-state index contributed by atoms with van der Waals surface area (Å²) in [7, 11) is 1.55. The van der Waals surface area contributed by atoms with E-state index >= 15 is 0 Å². The van der Waals surface area contributed by atoms with Crippen LogP contribution in [0.5, 0.6) is 11.6 Å². The summed E-state index contributed by atoms with van der Waals surface area (Å²) in [6.07, 6.45) is 11.5. The summed E-state index contributed by atoms with van der Waals surface area (Å²) in [5.74, 6) is 1.85. The predicted octanol–water partition coefficient (Wildman–Crippen LogP) is 3.28. The molecule has 3 aliphatic heterocycles. The maximum Gasteiger partial charge on any atom is 0.254 e. The van der Waals surface area contributed by atoms with Gasteiger partial charge in [0.2, 0.25) is 5.88 Å². The van der Waals surface area contributed by atoms with Crippen molar-refractivity contribution in [3.8, 4) is 11.6 Å². The van der Waals surface area contributed by atoms with Crippen LogP contribution in [-0.4, -0.2) is 85.0 Å². The summed E-state index contributed by atoms with van der Waals surface area (Å²) >= 11 is 0. The number of piperidine rings is 2. The van der Waals surface area contributed by atoms with Crippen LogP contribution in [0, 0.1) is 0 Å². The molecule has 0 bridgehead atoms. The largest absolute Gasteiger partial charge is 0.490 e. The third kappa shape index (κ3) is 5.25. The molecule has 0 N–H and O–H groups in total. The highest BCUT2D eigenvalue weighted by Crippen LogP contribution is 2.35. The lowest BCUT2D eigenvalue weighted by Gasteiger charge is -2.47. The summed E-state index contributed by atoms with van der Waals surface area (Å²) in [6, 6.07) is 9.39. The van der Waals surface area contributed by atoms with E-state index in [2.05, 4.69) is 44.0 Å². The number of carbonyl (C=O) groups is 1. The standard InChI is InChI=1S/C28H37N5O4/c1-35-26-18-29-25(17-30-26)33-20-28(36-19-27(33)34)11-15-32(16-12-28)22-5-7-23(8-6-22)37-24-9-13-31(14-10-24)21-3-2-4-21/h5-8,17-18,21,24H,2-4,9-16,19-20H2,1H3. The van der Waals surface area contributed by atoms with Crippen molar-refractivity contribution in [2.45, 2.75) is 62.7 Å². The molecule has 2 aromatic rings. The Morgan fingerprint density at radius 1 is 0.973 bits per heavy atom. The van der Waals surface area contributed by atoms with Crippen molar-refractivity contribution >= 4 is 17.4 Å². The van der Waals surface area contributed by atoms with Crippen molar-refractivity contribution in [3.05, 3.63) is 36.7 Å². The monoisotopic (exact) mass is 507 g/mol. The zero-order valence-electron chi connectivity index (χ0n) is 21.7. The number of aromatic nitrogens is 2. The fraction of sp³-hybridized carbons (Fsp3) is 0.607. The zero-order chi connectivity index (χ0) is 25.2. The predicted molar refractivity (Wildman–Crippen MR) is 140 cm³/mol. The Morgan fingerprint density at radius 2 is 1.73 bits per heavy atom. The van der Waals surface area contributed by atoms with Gasteiger partial charge in [0.15, 0.2) is 5.82 Å². The Balaban J connectivity index is 1.01. The highest BCUT2D eigenvalue weighted by atomic mass is 16.5. The number of amides is 1. The summed E-state index contributed by atoms with van der Waals surface area (Å²) in [5, 5.41) is 0. The summed E-state index contributed by atoms with van der Waals surface area (Å²) < 4.78 is 17.5. The van der Waals surface area contributed by atoms with Crippen LogP contribution in [-0.2, 0) is 9.53 Å². The molecule has 0 unspecified atom stereocenters. The Hall–Kier alpha value is -2.91. The second-order valence-electron chi connectivity index (χ2n) is 10.8. The van der Waals surface area contributed by atoms with Gasteiger partial charge in [0.05, 0.1) is 31.6 Å². The van der Waals surface area contributed by atoms with Gasteiger partial charge in [-0.25, -0.2) is 9.97 Å². The third-order valence-electron chi connectivity index (χ3n) is 8.60. The normalized spacial score (nSPS) is 23.2. The Morgan fingerprint density at radius 3 is 2.35 bits per heavy atom. The van der Waals surface area contributed by atoms with Crippen molar-refractivity contribution in [2.75, 3.05) is 56.2 Å². The first-order chi connectivity index (χ1) is 18.1. The van der Waals surface area contributed by atoms with E-state index in [1.54, 1.807) is 24.4 Å². The lowest BCUT2D eigenvalue weighted by Crippen LogP contribution is -2.59. The quantitative estimate of drug-likeness (QED) is 0.590. The molecule has 1 aromatic carbocycles. The van der Waals surface area contributed by atoms with E-state index in [1.807, 2.05) is 0 Å². The first-order valence-corrected chi connectivity index (χ1v) is 13.7. The minimum Gasteiger partial charge on any atom is -0.490 e. The van der Waals surface area contributed by atoms with E-state index in [-0.39, 0.29) is 18.1 Å². The van der Waals surface area contributed by atoms with Crippen molar-refractivity contribution in [2.24, 2.45) is 0 Å². The van der Waals surface area contributed by atoms with Gasteiger partial charge in [-0.15, -0.1) is 0 Å². The molecule has 6 rings (SSSR count). The first-order valence-electron chi connectivity index (χ1n) is 13.7. The van der Waals surface area contributed by atoms with Gasteiger partial charge >= 0.3 is 0 Å². The maximum atomic E-state index is 12.6. The molecular formula is C28H37N5O4. The lowest BCUT2D eigenvalue weighted by molar-refractivity contribution is -0.141. The Bertz CT molecular complexity index is 1060. The van der Waals surface area contributed by atoms with Gasteiger partial charge in [-0.2, -0.15) is 0 Å². The van der Waals surface area contributed by atoms with Crippen molar-refractivity contribution in [1.29, 1.82) is 0 Å². The number of likely N-dealkylation sites (tertiary alicyclic amines) is 1. The van der Waals surface area contributed by atoms with Gasteiger partial charge in [-0.05, 0) is 62.8 Å². The molecule has 1 saturated carbocycles. The molecule has 0 radical (unpaired) electrons. The van der Waals surface area contributed by atoms with E-state index in [0.717, 1.165) is 50.6 Å². The Kier molecular flexibility index (Phi) is 6.90. The molecule has 3 saturated heterocycles. The van der Waals surface area contributed by atoms with Gasteiger partial charge in [0.25, 0.3) is 5.91 Å². The molecule has 4 heterocycles. The van der Waals surface area contributed by atoms with E-state index in [1.165, 1.54) is 38.0 Å². The molecule has 1 aliphatic carbocycles. The smallest absolute Gasteiger partial charge is 0.254 e. The van der Waals surface area contributed by atoms with Crippen LogP contribution in [0.3, 0.4) is 0 Å². The number of ether oxygens (including phenoxy) is 3. The Labute approximate surface area is 218 Å². The molecule has 9 nitrogen and oxygen atoms in total. The van der Waals surface area contributed by atoms with E-state index in [4.69, 9.17) is 14.2 Å². The molecule has 1 amide bonds. The van der Waals surface area contributed by atoms with Crippen LogP contribution in [0.1, 0.15) is 44.9 Å². The highest BCUT2D eigenvalue weighted by Gasteiger charge is 2.43. The SMILES string of the molecule is COc1cnc(N2CC3(CCN(c4ccc(OC5CCN(C6CCC6)CC5)cc4)CC3)OCC2=O)cn1. The topological polar surface area (TPSA) is 80.3 Å². The van der Waals surface area contributed by atoms with Crippen LogP contribution in [0.4, 0.5) is 11.5 Å². The summed E-state index contributed by atoms with van der Waals surface area (Å²) in [4.78, 5) is 27.9. The average molecular weight is 508 g/mol. The molecule has 4 aliphatic rings. The van der Waals surface area contributed by atoms with E-state index in [0.29, 0.717) is 24.3 Å². The molecule has 1 spiro atoms. The van der Waals surface area contributed by atoms with Gasteiger partial charge in [-0.3, -0.25) is 9.69 Å². The van der Waals surface area contributed by atoms with Gasteiger partial charge in [0.1, 0.15) is 18.5 Å². The van der Waals surface area contributed by atoms with Crippen LogP contribution in [0.2, 0.25) is 0 Å². The van der Waals surface area contributed by atoms with Crippen molar-refractivity contribution in [1.82, 2.24) is 14.9 Å². The maximum absolute atomic E-state index is 12.6. The number of benzene rings is 1. The van der Waals surface area contributed by atoms with Gasteiger partial charge in [0, 0.05) is 37.9 Å². The second-order valence-corrected chi connectivity index (χ2v) is 10.8. The third-order valence-corrected chi connectivity index (χ3v) is 8.60. The lowest BCUT2D eigenvalue weighted by atomic mass is 9.89. The number of methoxy groups -OCH3 is 1. The van der Waals surface area contributed by atoms with Crippen molar-refractivity contribution < 1.29 is 19.0 Å². The zero-order valence-corrected chi connectivity index (χ0v) is 21.7. The number of anilines is 2. The van der Waals surface area contributed by atoms with Gasteiger partial charge < -0.3 is 24.0 Å². The number of hydrogen-bond donors (Lipinski definition) is 0. The van der Waals surface area contributed by atoms with Crippen LogP contribution < -0.4 is 19.3 Å². The highest BCUT2D eigenvalue weighted by molar-refractivity contribution is 5.94. The molecule has 198 valence electrons.